The predicted molar refractivity (Wildman–Crippen MR) is 61.2 cm³/mol. The van der Waals surface area contributed by atoms with Gasteiger partial charge in [0, 0.05) is 6.54 Å². The molecule has 0 fully saturated rings. The number of imidazole rings is 1. The molecular formula is C11H14N4O. The lowest BCUT2D eigenvalue weighted by Crippen LogP contribution is -2.36. The summed E-state index contributed by atoms with van der Waals surface area (Å²) >= 11 is 0. The van der Waals surface area contributed by atoms with E-state index in [9.17, 15) is 4.79 Å². The highest BCUT2D eigenvalue weighted by molar-refractivity contribution is 5.78. The van der Waals surface area contributed by atoms with Crippen LogP contribution in [0.5, 0.6) is 0 Å². The third-order valence-electron chi connectivity index (χ3n) is 2.59. The molecule has 0 spiro atoms. The molecule has 0 radical (unpaired) electrons. The Kier molecular flexibility index (Phi) is 2.87. The topological polar surface area (TPSA) is 72.9 Å². The van der Waals surface area contributed by atoms with Crippen LogP contribution in [0.3, 0.4) is 0 Å². The second-order valence-corrected chi connectivity index (χ2v) is 3.80. The van der Waals surface area contributed by atoms with Crippen molar-refractivity contribution in [3.8, 4) is 0 Å². The number of aromatic nitrogens is 2. The van der Waals surface area contributed by atoms with Crippen LogP contribution in [0, 0.1) is 5.92 Å². The van der Waals surface area contributed by atoms with E-state index in [1.807, 2.05) is 35.8 Å². The number of hydrazine groups is 1. The normalized spacial score (nSPS) is 12.6. The Balaban J connectivity index is 2.24. The highest BCUT2D eigenvalue weighted by Crippen LogP contribution is 2.13. The van der Waals surface area contributed by atoms with Crippen LogP contribution in [0.25, 0.3) is 11.0 Å². The Morgan fingerprint density at radius 2 is 2.31 bits per heavy atom. The Morgan fingerprint density at radius 3 is 3.06 bits per heavy atom. The molecular weight excluding hydrogens is 204 g/mol. The van der Waals surface area contributed by atoms with Crippen LogP contribution >= 0.6 is 0 Å². The van der Waals surface area contributed by atoms with Crippen molar-refractivity contribution >= 4 is 16.9 Å². The molecule has 2 aromatic rings. The molecule has 0 aliphatic carbocycles. The average molecular weight is 218 g/mol. The zero-order valence-corrected chi connectivity index (χ0v) is 9.05. The van der Waals surface area contributed by atoms with E-state index >= 15 is 0 Å². The van der Waals surface area contributed by atoms with Gasteiger partial charge in [-0.15, -0.1) is 0 Å². The van der Waals surface area contributed by atoms with Crippen LogP contribution in [-0.2, 0) is 11.3 Å². The van der Waals surface area contributed by atoms with Crippen LogP contribution in [-0.4, -0.2) is 15.5 Å². The molecule has 0 saturated heterocycles. The van der Waals surface area contributed by atoms with Crippen molar-refractivity contribution in [1.29, 1.82) is 0 Å². The number of hydrogen-bond acceptors (Lipinski definition) is 3. The Hall–Kier alpha value is -1.88. The van der Waals surface area contributed by atoms with Crippen molar-refractivity contribution in [3.05, 3.63) is 30.6 Å². The molecule has 3 N–H and O–H groups in total. The van der Waals surface area contributed by atoms with Crippen LogP contribution in [0.1, 0.15) is 6.92 Å². The number of nitrogens with one attached hydrogen (secondary N) is 1. The SMILES string of the molecule is CC(Cn1cnc2ccccc21)C(=O)NN. The minimum atomic E-state index is -0.178. The van der Waals surface area contributed by atoms with Gasteiger partial charge in [0.2, 0.25) is 5.91 Å². The number of carbonyl (C=O) groups excluding carboxylic acids is 1. The zero-order valence-electron chi connectivity index (χ0n) is 9.05. The number of rotatable bonds is 3. The third-order valence-corrected chi connectivity index (χ3v) is 2.59. The van der Waals surface area contributed by atoms with Crippen molar-refractivity contribution in [2.24, 2.45) is 11.8 Å². The lowest BCUT2D eigenvalue weighted by molar-refractivity contribution is -0.124. The summed E-state index contributed by atoms with van der Waals surface area (Å²) in [5.41, 5.74) is 4.11. The summed E-state index contributed by atoms with van der Waals surface area (Å²) < 4.78 is 1.95. The first kappa shape index (κ1) is 10.6. The molecule has 1 heterocycles. The Labute approximate surface area is 93.2 Å². The molecule has 0 bridgehead atoms. The lowest BCUT2D eigenvalue weighted by Gasteiger charge is -2.10. The summed E-state index contributed by atoms with van der Waals surface area (Å²) in [4.78, 5) is 15.6. The molecule has 2 rings (SSSR count). The van der Waals surface area contributed by atoms with E-state index in [2.05, 4.69) is 10.4 Å². The van der Waals surface area contributed by atoms with Gasteiger partial charge in [-0.1, -0.05) is 19.1 Å². The number of benzene rings is 1. The van der Waals surface area contributed by atoms with E-state index in [4.69, 9.17) is 5.84 Å². The fraction of sp³-hybridized carbons (Fsp3) is 0.273. The number of carbonyl (C=O) groups is 1. The highest BCUT2D eigenvalue weighted by atomic mass is 16.2. The Bertz CT molecular complexity index is 505. The van der Waals surface area contributed by atoms with Gasteiger partial charge < -0.3 is 4.57 Å². The molecule has 1 aromatic heterocycles. The number of nitrogens with two attached hydrogens (primary N) is 1. The van der Waals surface area contributed by atoms with E-state index in [1.165, 1.54) is 0 Å². The number of nitrogens with zero attached hydrogens (tertiary/aromatic N) is 2. The molecule has 16 heavy (non-hydrogen) atoms. The van der Waals surface area contributed by atoms with E-state index in [-0.39, 0.29) is 11.8 Å². The zero-order chi connectivity index (χ0) is 11.5. The molecule has 1 amide bonds. The van der Waals surface area contributed by atoms with Crippen LogP contribution in [0.4, 0.5) is 0 Å². The maximum Gasteiger partial charge on any atom is 0.238 e. The fourth-order valence-electron chi connectivity index (χ4n) is 1.68. The maximum atomic E-state index is 11.3. The van der Waals surface area contributed by atoms with E-state index in [1.54, 1.807) is 6.33 Å². The number of fused-ring (bicyclic) bond motifs is 1. The lowest BCUT2D eigenvalue weighted by atomic mass is 10.1. The van der Waals surface area contributed by atoms with Gasteiger partial charge in [-0.3, -0.25) is 10.2 Å². The van der Waals surface area contributed by atoms with Crippen molar-refractivity contribution in [1.82, 2.24) is 15.0 Å². The summed E-state index contributed by atoms with van der Waals surface area (Å²) in [5, 5.41) is 0. The number of para-hydroxylation sites is 2. The van der Waals surface area contributed by atoms with Crippen molar-refractivity contribution in [2.75, 3.05) is 0 Å². The molecule has 0 saturated carbocycles. The number of amides is 1. The monoisotopic (exact) mass is 218 g/mol. The maximum absolute atomic E-state index is 11.3. The van der Waals surface area contributed by atoms with Gasteiger partial charge in [-0.05, 0) is 12.1 Å². The van der Waals surface area contributed by atoms with E-state index in [0.29, 0.717) is 6.54 Å². The van der Waals surface area contributed by atoms with Gasteiger partial charge in [0.1, 0.15) is 0 Å². The van der Waals surface area contributed by atoms with E-state index in [0.717, 1.165) is 11.0 Å². The standard InChI is InChI=1S/C11H14N4O/c1-8(11(16)14-12)6-15-7-13-9-4-2-3-5-10(9)15/h2-5,7-8H,6,12H2,1H3,(H,14,16). The summed E-state index contributed by atoms with van der Waals surface area (Å²) in [5.74, 6) is 4.74. The Morgan fingerprint density at radius 1 is 1.56 bits per heavy atom. The van der Waals surface area contributed by atoms with Gasteiger partial charge in [-0.2, -0.15) is 0 Å². The largest absolute Gasteiger partial charge is 0.330 e. The van der Waals surface area contributed by atoms with Gasteiger partial charge in [0.25, 0.3) is 0 Å². The first-order valence-corrected chi connectivity index (χ1v) is 5.12. The minimum absolute atomic E-state index is 0.169. The smallest absolute Gasteiger partial charge is 0.238 e. The first-order chi connectivity index (χ1) is 7.72. The van der Waals surface area contributed by atoms with Crippen molar-refractivity contribution < 1.29 is 4.79 Å². The summed E-state index contributed by atoms with van der Waals surface area (Å²) in [6.45, 7) is 2.40. The molecule has 1 unspecified atom stereocenters. The summed E-state index contributed by atoms with van der Waals surface area (Å²) in [7, 11) is 0. The second kappa shape index (κ2) is 4.32. The molecule has 84 valence electrons. The van der Waals surface area contributed by atoms with Crippen molar-refractivity contribution in [2.45, 2.75) is 13.5 Å². The molecule has 5 heteroatoms. The highest BCUT2D eigenvalue weighted by Gasteiger charge is 2.13. The number of hydrogen-bond donors (Lipinski definition) is 2. The molecule has 1 aromatic carbocycles. The molecule has 0 aliphatic heterocycles. The van der Waals surface area contributed by atoms with Crippen LogP contribution < -0.4 is 11.3 Å². The van der Waals surface area contributed by atoms with Crippen LogP contribution in [0.2, 0.25) is 0 Å². The van der Waals surface area contributed by atoms with Crippen LogP contribution in [0.15, 0.2) is 30.6 Å². The fourth-order valence-corrected chi connectivity index (χ4v) is 1.68. The third kappa shape index (κ3) is 1.90. The first-order valence-electron chi connectivity index (χ1n) is 5.12. The quantitative estimate of drug-likeness (QED) is 0.451. The summed E-state index contributed by atoms with van der Waals surface area (Å²) in [6.07, 6.45) is 1.74. The molecule has 0 aliphatic rings. The summed E-state index contributed by atoms with van der Waals surface area (Å²) in [6, 6.07) is 7.82. The second-order valence-electron chi connectivity index (χ2n) is 3.80. The van der Waals surface area contributed by atoms with Gasteiger partial charge in [-0.25, -0.2) is 10.8 Å². The molecule has 5 nitrogen and oxygen atoms in total. The van der Waals surface area contributed by atoms with Gasteiger partial charge >= 0.3 is 0 Å². The molecule has 1 atom stereocenters. The minimum Gasteiger partial charge on any atom is -0.330 e. The van der Waals surface area contributed by atoms with E-state index < -0.39 is 0 Å². The van der Waals surface area contributed by atoms with Gasteiger partial charge in [0.05, 0.1) is 23.3 Å². The average Bonchev–Trinajstić information content (AvgIpc) is 2.72. The van der Waals surface area contributed by atoms with Crippen molar-refractivity contribution in [3.63, 3.8) is 0 Å². The van der Waals surface area contributed by atoms with Gasteiger partial charge in [0.15, 0.2) is 0 Å². The predicted octanol–water partition coefficient (Wildman–Crippen LogP) is 0.662.